The van der Waals surface area contributed by atoms with Crippen LogP contribution in [-0.4, -0.2) is 40.1 Å². The number of carbonyl (C=O) groups excluding carboxylic acids is 2. The van der Waals surface area contributed by atoms with Gasteiger partial charge in [-0.1, -0.05) is 12.1 Å². The van der Waals surface area contributed by atoms with E-state index in [9.17, 15) is 19.8 Å². The predicted molar refractivity (Wildman–Crippen MR) is 77.2 cm³/mol. The van der Waals surface area contributed by atoms with Crippen LogP contribution in [0.15, 0.2) is 18.2 Å². The van der Waals surface area contributed by atoms with Crippen LogP contribution in [0.5, 0.6) is 11.5 Å². The summed E-state index contributed by atoms with van der Waals surface area (Å²) in [4.78, 5) is 24.8. The van der Waals surface area contributed by atoms with Gasteiger partial charge in [-0.2, -0.15) is 0 Å². The minimum Gasteiger partial charge on any atom is -0.504 e. The molecule has 1 aromatic rings. The van der Waals surface area contributed by atoms with E-state index in [1.54, 1.807) is 20.8 Å². The van der Waals surface area contributed by atoms with Crippen LogP contribution in [0.2, 0.25) is 0 Å². The van der Waals surface area contributed by atoms with E-state index in [4.69, 9.17) is 4.74 Å². The summed E-state index contributed by atoms with van der Waals surface area (Å²) in [6.07, 6.45) is -0.189. The Labute approximate surface area is 124 Å². The molecule has 1 amide bonds. The third-order valence-electron chi connectivity index (χ3n) is 3.15. The second-order valence-electron chi connectivity index (χ2n) is 5.98. The standard InChI is InChI=1S/C15H21NO5/c1-14(2,3)21-13(20)16(5)15(4,9-17)10-7-6-8-11(18)12(10)19/h6-9,18-19H,1-5H3. The molecule has 0 saturated heterocycles. The number of hydrogen-bond acceptors (Lipinski definition) is 5. The Balaban J connectivity index is 3.23. The number of ether oxygens (including phenoxy) is 1. The van der Waals surface area contributed by atoms with Gasteiger partial charge < -0.3 is 19.7 Å². The topological polar surface area (TPSA) is 87.1 Å². The van der Waals surface area contributed by atoms with E-state index >= 15 is 0 Å². The molecule has 0 aromatic heterocycles. The lowest BCUT2D eigenvalue weighted by molar-refractivity contribution is -0.117. The molecule has 0 aliphatic carbocycles. The van der Waals surface area contributed by atoms with Crippen molar-refractivity contribution in [1.82, 2.24) is 4.90 Å². The van der Waals surface area contributed by atoms with Gasteiger partial charge in [0.05, 0.1) is 0 Å². The Kier molecular flexibility index (Phi) is 4.51. The molecule has 0 spiro atoms. The summed E-state index contributed by atoms with van der Waals surface area (Å²) >= 11 is 0. The van der Waals surface area contributed by atoms with Gasteiger partial charge in [0, 0.05) is 12.6 Å². The molecular weight excluding hydrogens is 274 g/mol. The van der Waals surface area contributed by atoms with E-state index in [-0.39, 0.29) is 11.3 Å². The summed E-state index contributed by atoms with van der Waals surface area (Å²) in [6.45, 7) is 6.59. The Morgan fingerprint density at radius 1 is 1.24 bits per heavy atom. The monoisotopic (exact) mass is 295 g/mol. The van der Waals surface area contributed by atoms with E-state index in [1.165, 1.54) is 32.2 Å². The van der Waals surface area contributed by atoms with Crippen molar-refractivity contribution in [2.75, 3.05) is 7.05 Å². The van der Waals surface area contributed by atoms with Gasteiger partial charge in [-0.15, -0.1) is 0 Å². The number of rotatable bonds is 3. The third kappa shape index (κ3) is 3.45. The van der Waals surface area contributed by atoms with Gasteiger partial charge in [-0.3, -0.25) is 4.90 Å². The maximum atomic E-state index is 12.1. The van der Waals surface area contributed by atoms with Crippen LogP contribution in [0.25, 0.3) is 0 Å². The molecular formula is C15H21NO5. The second-order valence-corrected chi connectivity index (χ2v) is 5.98. The fourth-order valence-electron chi connectivity index (χ4n) is 1.78. The number of hydrogen-bond donors (Lipinski definition) is 2. The van der Waals surface area contributed by atoms with Gasteiger partial charge in [0.25, 0.3) is 0 Å². The Morgan fingerprint density at radius 3 is 2.29 bits per heavy atom. The zero-order valence-corrected chi connectivity index (χ0v) is 12.9. The molecule has 21 heavy (non-hydrogen) atoms. The van der Waals surface area contributed by atoms with Crippen molar-refractivity contribution in [2.24, 2.45) is 0 Å². The first kappa shape index (κ1) is 16.8. The number of benzene rings is 1. The van der Waals surface area contributed by atoms with Crippen molar-refractivity contribution in [3.05, 3.63) is 23.8 Å². The van der Waals surface area contributed by atoms with Gasteiger partial charge in [0.1, 0.15) is 17.4 Å². The largest absolute Gasteiger partial charge is 0.504 e. The molecule has 0 radical (unpaired) electrons. The molecule has 0 bridgehead atoms. The van der Waals surface area contributed by atoms with Gasteiger partial charge in [-0.05, 0) is 33.8 Å². The minimum atomic E-state index is -1.47. The Bertz CT molecular complexity index is 549. The Morgan fingerprint density at radius 2 is 1.81 bits per heavy atom. The number of aldehydes is 1. The van der Waals surface area contributed by atoms with Crippen molar-refractivity contribution in [1.29, 1.82) is 0 Å². The fraction of sp³-hybridized carbons (Fsp3) is 0.467. The zero-order chi connectivity index (χ0) is 16.4. The summed E-state index contributed by atoms with van der Waals surface area (Å²) < 4.78 is 5.22. The number of phenolic OH excluding ortho intramolecular Hbond substituents is 2. The Hall–Kier alpha value is -2.24. The van der Waals surface area contributed by atoms with Crippen LogP contribution >= 0.6 is 0 Å². The second kappa shape index (κ2) is 5.63. The number of amides is 1. The fourth-order valence-corrected chi connectivity index (χ4v) is 1.78. The van der Waals surface area contributed by atoms with Crippen molar-refractivity contribution in [2.45, 2.75) is 38.8 Å². The molecule has 0 saturated carbocycles. The number of likely N-dealkylation sites (N-methyl/N-ethyl adjacent to an activating group) is 1. The smallest absolute Gasteiger partial charge is 0.411 e. The zero-order valence-electron chi connectivity index (χ0n) is 12.9. The van der Waals surface area contributed by atoms with Crippen molar-refractivity contribution in [3.8, 4) is 11.5 Å². The van der Waals surface area contributed by atoms with Gasteiger partial charge in [-0.25, -0.2) is 4.79 Å². The van der Waals surface area contributed by atoms with Crippen molar-refractivity contribution < 1.29 is 24.5 Å². The molecule has 0 aliphatic rings. The average Bonchev–Trinajstić information content (AvgIpc) is 2.38. The summed E-state index contributed by atoms with van der Waals surface area (Å²) in [7, 11) is 1.39. The number of phenols is 2. The SMILES string of the molecule is CN(C(=O)OC(C)(C)C)C(C)(C=O)c1cccc(O)c1O. The predicted octanol–water partition coefficient (Wildman–Crippen LogP) is 2.38. The summed E-state index contributed by atoms with van der Waals surface area (Å²) in [6, 6.07) is 4.23. The van der Waals surface area contributed by atoms with Crippen LogP contribution in [-0.2, 0) is 15.1 Å². The lowest BCUT2D eigenvalue weighted by atomic mass is 9.91. The minimum absolute atomic E-state index is 0.117. The molecule has 2 N–H and O–H groups in total. The van der Waals surface area contributed by atoms with Crippen LogP contribution in [0.3, 0.4) is 0 Å². The first-order valence-corrected chi connectivity index (χ1v) is 6.47. The molecule has 1 aromatic carbocycles. The molecule has 6 heteroatoms. The molecule has 0 aliphatic heterocycles. The van der Waals surface area contributed by atoms with Crippen LogP contribution in [0.4, 0.5) is 4.79 Å². The van der Waals surface area contributed by atoms with Gasteiger partial charge in [0.15, 0.2) is 11.5 Å². The maximum absolute atomic E-state index is 12.1. The van der Waals surface area contributed by atoms with Crippen LogP contribution < -0.4 is 0 Å². The summed E-state index contributed by atoms with van der Waals surface area (Å²) in [5.41, 5.74) is -2.06. The number of aromatic hydroxyl groups is 2. The molecule has 116 valence electrons. The van der Waals surface area contributed by atoms with Gasteiger partial charge >= 0.3 is 6.09 Å². The first-order valence-electron chi connectivity index (χ1n) is 6.47. The summed E-state index contributed by atoms with van der Waals surface area (Å²) in [5.74, 6) is -0.805. The highest BCUT2D eigenvalue weighted by Crippen LogP contribution is 2.38. The molecule has 0 fully saturated rings. The van der Waals surface area contributed by atoms with E-state index < -0.39 is 23.0 Å². The van der Waals surface area contributed by atoms with Gasteiger partial charge in [0.2, 0.25) is 0 Å². The van der Waals surface area contributed by atoms with Crippen molar-refractivity contribution in [3.63, 3.8) is 0 Å². The molecule has 1 unspecified atom stereocenters. The third-order valence-corrected chi connectivity index (χ3v) is 3.15. The van der Waals surface area contributed by atoms with E-state index in [1.807, 2.05) is 0 Å². The van der Waals surface area contributed by atoms with E-state index in [2.05, 4.69) is 0 Å². The average molecular weight is 295 g/mol. The molecule has 1 atom stereocenters. The molecule has 6 nitrogen and oxygen atoms in total. The number of nitrogens with zero attached hydrogens (tertiary/aromatic N) is 1. The number of para-hydroxylation sites is 1. The lowest BCUT2D eigenvalue weighted by Crippen LogP contribution is -2.48. The number of carbonyl (C=O) groups is 2. The van der Waals surface area contributed by atoms with E-state index in [0.717, 1.165) is 4.90 Å². The first-order chi connectivity index (χ1) is 9.53. The van der Waals surface area contributed by atoms with Crippen LogP contribution in [0, 0.1) is 0 Å². The van der Waals surface area contributed by atoms with Crippen LogP contribution in [0.1, 0.15) is 33.3 Å². The molecule has 1 rings (SSSR count). The highest BCUT2D eigenvalue weighted by molar-refractivity contribution is 5.79. The molecule has 0 heterocycles. The maximum Gasteiger partial charge on any atom is 0.411 e. The highest BCUT2D eigenvalue weighted by Gasteiger charge is 2.39. The van der Waals surface area contributed by atoms with Crippen molar-refractivity contribution >= 4 is 12.4 Å². The lowest BCUT2D eigenvalue weighted by Gasteiger charge is -2.36. The highest BCUT2D eigenvalue weighted by atomic mass is 16.6. The summed E-state index contributed by atoms with van der Waals surface area (Å²) in [5, 5.41) is 19.5. The quantitative estimate of drug-likeness (QED) is 0.660. The normalized spacial score (nSPS) is 14.1. The van der Waals surface area contributed by atoms with E-state index in [0.29, 0.717) is 6.29 Å².